The number of hydrogen-bond acceptors (Lipinski definition) is 7. The van der Waals surface area contributed by atoms with Gasteiger partial charge in [0.25, 0.3) is 5.91 Å². The number of carbonyl (C=O) groups excluding carboxylic acids is 1. The lowest BCUT2D eigenvalue weighted by Crippen LogP contribution is -2.20. The first-order valence-corrected chi connectivity index (χ1v) is 8.91. The number of amides is 1. The van der Waals surface area contributed by atoms with Crippen molar-refractivity contribution in [2.45, 2.75) is 13.8 Å². The van der Waals surface area contributed by atoms with Gasteiger partial charge in [0.2, 0.25) is 5.82 Å². The van der Waals surface area contributed by atoms with Crippen LogP contribution in [0.3, 0.4) is 0 Å². The monoisotopic (exact) mass is 383 g/mol. The van der Waals surface area contributed by atoms with Crippen LogP contribution in [0, 0.1) is 0 Å². The molecule has 0 saturated carbocycles. The van der Waals surface area contributed by atoms with Crippen LogP contribution in [0.5, 0.6) is 17.2 Å². The summed E-state index contributed by atoms with van der Waals surface area (Å²) in [6.07, 6.45) is 0. The molecule has 0 aliphatic carbocycles. The van der Waals surface area contributed by atoms with Crippen molar-refractivity contribution in [1.82, 2.24) is 10.3 Å². The van der Waals surface area contributed by atoms with E-state index in [9.17, 15) is 4.79 Å². The average molecular weight is 383 g/mol. The Kier molecular flexibility index (Phi) is 6.46. The highest BCUT2D eigenvalue weighted by Crippen LogP contribution is 2.34. The van der Waals surface area contributed by atoms with Gasteiger partial charge in [-0.05, 0) is 54.5 Å². The minimum absolute atomic E-state index is 0.163. The van der Waals surface area contributed by atoms with Gasteiger partial charge in [0.05, 0.1) is 13.2 Å². The third kappa shape index (κ3) is 4.79. The second kappa shape index (κ2) is 9.40. The molecule has 0 unspecified atom stereocenters. The molecule has 1 N–H and O–H groups in total. The molecule has 0 spiro atoms. The van der Waals surface area contributed by atoms with Gasteiger partial charge in [0.1, 0.15) is 5.75 Å². The Morgan fingerprint density at radius 2 is 1.71 bits per heavy atom. The number of hydrogen-bond donors (Lipinski definition) is 1. The van der Waals surface area contributed by atoms with E-state index < -0.39 is 0 Å². The fourth-order valence-electron chi connectivity index (χ4n) is 2.49. The van der Waals surface area contributed by atoms with Crippen molar-refractivity contribution >= 4 is 11.7 Å². The van der Waals surface area contributed by atoms with E-state index in [1.54, 1.807) is 30.3 Å². The molecule has 0 atom stereocenters. The number of nitrogens with one attached hydrogen (secondary N) is 1. The second-order valence-electron chi connectivity index (χ2n) is 5.64. The molecule has 28 heavy (non-hydrogen) atoms. The van der Waals surface area contributed by atoms with Crippen molar-refractivity contribution in [2.24, 2.45) is 0 Å². The van der Waals surface area contributed by atoms with Crippen LogP contribution >= 0.6 is 0 Å². The van der Waals surface area contributed by atoms with Gasteiger partial charge in [-0.25, -0.2) is 4.63 Å². The molecule has 0 fully saturated rings. The van der Waals surface area contributed by atoms with E-state index in [0.717, 1.165) is 0 Å². The molecule has 1 heterocycles. The quantitative estimate of drug-likeness (QED) is 0.603. The molecule has 1 aromatic heterocycles. The maximum Gasteiger partial charge on any atom is 0.263 e. The molecule has 3 aromatic rings. The lowest BCUT2D eigenvalue weighted by atomic mass is 10.1. The van der Waals surface area contributed by atoms with Gasteiger partial charge in [-0.1, -0.05) is 18.2 Å². The lowest BCUT2D eigenvalue weighted by Gasteiger charge is -2.12. The molecule has 8 heteroatoms. The summed E-state index contributed by atoms with van der Waals surface area (Å²) in [5.41, 5.74) is 1.06. The molecule has 2 aromatic carbocycles. The van der Waals surface area contributed by atoms with E-state index in [2.05, 4.69) is 15.6 Å². The molecule has 3 rings (SSSR count). The van der Waals surface area contributed by atoms with Crippen molar-refractivity contribution in [3.63, 3.8) is 0 Å². The highest BCUT2D eigenvalue weighted by Gasteiger charge is 2.17. The number of benzene rings is 2. The first-order chi connectivity index (χ1) is 13.7. The molecular weight excluding hydrogens is 362 g/mol. The summed E-state index contributed by atoms with van der Waals surface area (Å²) in [5, 5.41) is 10.3. The van der Waals surface area contributed by atoms with E-state index in [-0.39, 0.29) is 18.3 Å². The van der Waals surface area contributed by atoms with E-state index in [4.69, 9.17) is 18.8 Å². The molecule has 0 aliphatic heterocycles. The van der Waals surface area contributed by atoms with Crippen LogP contribution in [0.25, 0.3) is 11.3 Å². The second-order valence-corrected chi connectivity index (χ2v) is 5.64. The molecule has 146 valence electrons. The number of anilines is 1. The summed E-state index contributed by atoms with van der Waals surface area (Å²) in [5.74, 6) is 1.63. The molecule has 0 bridgehead atoms. The number of nitrogens with zero attached hydrogens (tertiary/aromatic N) is 2. The maximum absolute atomic E-state index is 12.2. The summed E-state index contributed by atoms with van der Waals surface area (Å²) in [4.78, 5) is 12.2. The van der Waals surface area contributed by atoms with Crippen LogP contribution < -0.4 is 19.5 Å². The van der Waals surface area contributed by atoms with Crippen LogP contribution in [-0.2, 0) is 4.79 Å². The van der Waals surface area contributed by atoms with E-state index in [0.29, 0.717) is 41.7 Å². The van der Waals surface area contributed by atoms with Gasteiger partial charge < -0.3 is 19.5 Å². The van der Waals surface area contributed by atoms with E-state index in [1.807, 2.05) is 32.0 Å². The smallest absolute Gasteiger partial charge is 0.263 e. The Hall–Kier alpha value is -3.55. The van der Waals surface area contributed by atoms with Gasteiger partial charge in [-0.2, -0.15) is 0 Å². The summed E-state index contributed by atoms with van der Waals surface area (Å²) in [6, 6.07) is 14.4. The standard InChI is InChI=1S/C20H21N3O5/c1-3-25-16-11-10-14(12-17(16)26-4-2)19-20(23-28-22-19)21-18(24)13-27-15-8-6-5-7-9-15/h5-12H,3-4,13H2,1-2H3,(H,21,23,24). The fraction of sp³-hybridized carbons (Fsp3) is 0.250. The summed E-state index contributed by atoms with van der Waals surface area (Å²) >= 11 is 0. The Morgan fingerprint density at radius 1 is 0.964 bits per heavy atom. The number of carbonyl (C=O) groups is 1. The Labute approximate surface area is 162 Å². The third-order valence-corrected chi connectivity index (χ3v) is 3.68. The largest absolute Gasteiger partial charge is 0.490 e. The zero-order chi connectivity index (χ0) is 19.8. The van der Waals surface area contributed by atoms with E-state index >= 15 is 0 Å². The minimum Gasteiger partial charge on any atom is -0.490 e. The molecule has 1 amide bonds. The highest BCUT2D eigenvalue weighted by molar-refractivity contribution is 5.94. The van der Waals surface area contributed by atoms with Crippen LogP contribution in [-0.4, -0.2) is 36.0 Å². The fourth-order valence-corrected chi connectivity index (χ4v) is 2.49. The van der Waals surface area contributed by atoms with Gasteiger partial charge in [-0.15, -0.1) is 0 Å². The first-order valence-electron chi connectivity index (χ1n) is 8.91. The highest BCUT2D eigenvalue weighted by atomic mass is 16.6. The van der Waals surface area contributed by atoms with Crippen molar-refractivity contribution in [1.29, 1.82) is 0 Å². The molecule has 0 aliphatic rings. The van der Waals surface area contributed by atoms with Gasteiger partial charge in [0, 0.05) is 5.56 Å². The predicted molar refractivity (Wildman–Crippen MR) is 103 cm³/mol. The molecule has 0 saturated heterocycles. The Morgan fingerprint density at radius 3 is 2.46 bits per heavy atom. The minimum atomic E-state index is -0.378. The van der Waals surface area contributed by atoms with Gasteiger partial charge in [0.15, 0.2) is 23.8 Å². The van der Waals surface area contributed by atoms with Crippen molar-refractivity contribution in [3.8, 4) is 28.5 Å². The lowest BCUT2D eigenvalue weighted by molar-refractivity contribution is -0.118. The van der Waals surface area contributed by atoms with Crippen LogP contribution in [0.4, 0.5) is 5.82 Å². The molecular formula is C20H21N3O5. The normalized spacial score (nSPS) is 10.4. The number of para-hydroxylation sites is 1. The maximum atomic E-state index is 12.2. The first kappa shape index (κ1) is 19.2. The van der Waals surface area contributed by atoms with Crippen molar-refractivity contribution < 1.29 is 23.6 Å². The number of ether oxygens (including phenoxy) is 3. The van der Waals surface area contributed by atoms with Crippen molar-refractivity contribution in [3.05, 3.63) is 48.5 Å². The zero-order valence-corrected chi connectivity index (χ0v) is 15.7. The topological polar surface area (TPSA) is 95.7 Å². The Balaban J connectivity index is 1.72. The summed E-state index contributed by atoms with van der Waals surface area (Å²) in [6.45, 7) is 4.63. The summed E-state index contributed by atoms with van der Waals surface area (Å²) in [7, 11) is 0. The summed E-state index contributed by atoms with van der Waals surface area (Å²) < 4.78 is 21.4. The van der Waals surface area contributed by atoms with Gasteiger partial charge in [-0.3, -0.25) is 4.79 Å². The zero-order valence-electron chi connectivity index (χ0n) is 15.7. The van der Waals surface area contributed by atoms with E-state index in [1.165, 1.54) is 0 Å². The van der Waals surface area contributed by atoms with Crippen LogP contribution in [0.2, 0.25) is 0 Å². The van der Waals surface area contributed by atoms with Gasteiger partial charge >= 0.3 is 0 Å². The van der Waals surface area contributed by atoms with Crippen LogP contribution in [0.15, 0.2) is 53.2 Å². The molecule has 8 nitrogen and oxygen atoms in total. The van der Waals surface area contributed by atoms with Crippen molar-refractivity contribution in [2.75, 3.05) is 25.1 Å². The average Bonchev–Trinajstić information content (AvgIpc) is 3.17. The number of rotatable bonds is 9. The number of aromatic nitrogens is 2. The molecule has 0 radical (unpaired) electrons. The SMILES string of the molecule is CCOc1ccc(-c2nonc2NC(=O)COc2ccccc2)cc1OCC. The van der Waals surface area contributed by atoms with Crippen LogP contribution in [0.1, 0.15) is 13.8 Å². The third-order valence-electron chi connectivity index (χ3n) is 3.68. The Bertz CT molecular complexity index is 911. The predicted octanol–water partition coefficient (Wildman–Crippen LogP) is 3.55.